The van der Waals surface area contributed by atoms with Gasteiger partial charge in [0.2, 0.25) is 0 Å². The van der Waals surface area contributed by atoms with Crippen molar-refractivity contribution in [3.63, 3.8) is 0 Å². The van der Waals surface area contributed by atoms with E-state index in [1.807, 2.05) is 0 Å². The lowest BCUT2D eigenvalue weighted by Gasteiger charge is -2.08. The van der Waals surface area contributed by atoms with Crippen molar-refractivity contribution in [2.75, 3.05) is 14.2 Å². The molecule has 0 bridgehead atoms. The molecule has 4 rings (SSSR count). The van der Waals surface area contributed by atoms with Crippen LogP contribution in [0.4, 0.5) is 0 Å². The first kappa shape index (κ1) is 16.1. The summed E-state index contributed by atoms with van der Waals surface area (Å²) >= 11 is 0. The van der Waals surface area contributed by atoms with Crippen LogP contribution in [-0.4, -0.2) is 20.0 Å². The number of Topliss-reactive ketones (excluding diaryl/α,β-unsaturated/α-hetero) is 1. The molecule has 1 aliphatic rings. The molecule has 1 aromatic heterocycles. The second kappa shape index (κ2) is 6.19. The van der Waals surface area contributed by atoms with Gasteiger partial charge in [-0.05, 0) is 35.9 Å². The molecule has 0 radical (unpaired) electrons. The van der Waals surface area contributed by atoms with Crippen molar-refractivity contribution in [2.24, 2.45) is 0 Å². The number of carbonyl (C=O) groups excluding carboxylic acids is 1. The van der Waals surface area contributed by atoms with Crippen LogP contribution in [0, 0.1) is 0 Å². The van der Waals surface area contributed by atoms with Gasteiger partial charge in [0.25, 0.3) is 0 Å². The van der Waals surface area contributed by atoms with E-state index in [-0.39, 0.29) is 11.2 Å². The topological polar surface area (TPSA) is 65.7 Å². The van der Waals surface area contributed by atoms with Crippen LogP contribution in [-0.2, 0) is 6.42 Å². The summed E-state index contributed by atoms with van der Waals surface area (Å²) in [6, 6.07) is 10.5. The normalized spacial score (nSPS) is 14.7. The van der Waals surface area contributed by atoms with Crippen molar-refractivity contribution in [1.29, 1.82) is 0 Å². The zero-order valence-electron chi connectivity index (χ0n) is 14.4. The lowest BCUT2D eigenvalue weighted by Crippen LogP contribution is -2.06. The Bertz CT molecular complexity index is 1120. The first-order valence-electron chi connectivity index (χ1n) is 8.13. The van der Waals surface area contributed by atoms with Crippen molar-refractivity contribution in [3.05, 3.63) is 75.1 Å². The van der Waals surface area contributed by atoms with Gasteiger partial charge >= 0.3 is 0 Å². The van der Waals surface area contributed by atoms with Crippen LogP contribution in [0.25, 0.3) is 17.0 Å². The number of hydrogen-bond acceptors (Lipinski definition) is 5. The predicted octanol–water partition coefficient (Wildman–Crippen LogP) is 3.63. The van der Waals surface area contributed by atoms with Crippen LogP contribution in [0.15, 0.2) is 57.4 Å². The highest BCUT2D eigenvalue weighted by atomic mass is 16.5. The van der Waals surface area contributed by atoms with Gasteiger partial charge in [-0.1, -0.05) is 12.1 Å². The van der Waals surface area contributed by atoms with Crippen LogP contribution < -0.4 is 14.9 Å². The number of allylic oxidation sites excluding steroid dienone is 1. The van der Waals surface area contributed by atoms with Gasteiger partial charge in [-0.15, -0.1) is 0 Å². The molecule has 0 fully saturated rings. The maximum absolute atomic E-state index is 12.7. The Morgan fingerprint density at radius 3 is 2.54 bits per heavy atom. The lowest BCUT2D eigenvalue weighted by atomic mass is 10.1. The first-order chi connectivity index (χ1) is 12.6. The molecule has 130 valence electrons. The second-order valence-electron chi connectivity index (χ2n) is 6.06. The quantitative estimate of drug-likeness (QED) is 0.676. The molecule has 5 heteroatoms. The molecule has 26 heavy (non-hydrogen) atoms. The maximum atomic E-state index is 12.7. The number of benzene rings is 2. The van der Waals surface area contributed by atoms with Crippen molar-refractivity contribution in [2.45, 2.75) is 6.42 Å². The molecule has 1 heterocycles. The first-order valence-corrected chi connectivity index (χ1v) is 8.13. The van der Waals surface area contributed by atoms with Gasteiger partial charge in [0.05, 0.1) is 25.2 Å². The van der Waals surface area contributed by atoms with E-state index in [0.717, 1.165) is 5.56 Å². The molecule has 0 saturated heterocycles. The van der Waals surface area contributed by atoms with E-state index < -0.39 is 0 Å². The maximum Gasteiger partial charge on any atom is 0.199 e. The molecule has 0 unspecified atom stereocenters. The van der Waals surface area contributed by atoms with Crippen molar-refractivity contribution >= 4 is 22.8 Å². The minimum absolute atomic E-state index is 0.117. The average molecular weight is 348 g/mol. The molecule has 0 spiro atoms. The standard InChI is InChI=1S/C21H16O5/c1-24-18-9-12-7-13(20(22)16(12)10-19(18)25-2)8-14-11-26-17-6-4-3-5-15(17)21(14)23/h3-6,8-11H,7H2,1-2H3/b13-8-. The molecule has 0 amide bonds. The second-order valence-corrected chi connectivity index (χ2v) is 6.06. The molecule has 0 atom stereocenters. The molecule has 0 N–H and O–H groups in total. The Morgan fingerprint density at radius 2 is 1.77 bits per heavy atom. The average Bonchev–Trinajstić information content (AvgIpc) is 2.98. The highest BCUT2D eigenvalue weighted by Crippen LogP contribution is 2.36. The summed E-state index contributed by atoms with van der Waals surface area (Å²) in [6.07, 6.45) is 3.44. The van der Waals surface area contributed by atoms with Crippen molar-refractivity contribution in [1.82, 2.24) is 0 Å². The molecule has 3 aromatic rings. The van der Waals surface area contributed by atoms with Crippen LogP contribution in [0.1, 0.15) is 21.5 Å². The predicted molar refractivity (Wildman–Crippen MR) is 98.0 cm³/mol. The molecule has 5 nitrogen and oxygen atoms in total. The Morgan fingerprint density at radius 1 is 1.04 bits per heavy atom. The number of rotatable bonds is 3. The van der Waals surface area contributed by atoms with E-state index in [4.69, 9.17) is 13.9 Å². The van der Waals surface area contributed by atoms with E-state index in [1.165, 1.54) is 13.4 Å². The Hall–Kier alpha value is -3.34. The summed E-state index contributed by atoms with van der Waals surface area (Å²) in [4.78, 5) is 25.4. The van der Waals surface area contributed by atoms with Gasteiger partial charge in [0, 0.05) is 17.6 Å². The number of methoxy groups -OCH3 is 2. The van der Waals surface area contributed by atoms with Gasteiger partial charge in [0.1, 0.15) is 11.8 Å². The van der Waals surface area contributed by atoms with Gasteiger partial charge < -0.3 is 13.9 Å². The van der Waals surface area contributed by atoms with Gasteiger partial charge in [-0.3, -0.25) is 9.59 Å². The summed E-state index contributed by atoms with van der Waals surface area (Å²) in [6.45, 7) is 0. The largest absolute Gasteiger partial charge is 0.493 e. The Kier molecular flexibility index (Phi) is 3.84. The fraction of sp³-hybridized carbons (Fsp3) is 0.143. The van der Waals surface area contributed by atoms with Crippen molar-refractivity contribution in [3.8, 4) is 11.5 Å². The highest BCUT2D eigenvalue weighted by Gasteiger charge is 2.27. The van der Waals surface area contributed by atoms with Crippen LogP contribution in [0.5, 0.6) is 11.5 Å². The summed E-state index contributed by atoms with van der Waals surface area (Å²) in [7, 11) is 3.08. The Labute approximate surface area is 149 Å². The third-order valence-corrected chi connectivity index (χ3v) is 4.56. The number of para-hydroxylation sites is 1. The van der Waals surface area contributed by atoms with E-state index in [2.05, 4.69) is 0 Å². The van der Waals surface area contributed by atoms with E-state index in [1.54, 1.807) is 49.6 Å². The van der Waals surface area contributed by atoms with Gasteiger partial charge in [-0.2, -0.15) is 0 Å². The summed E-state index contributed by atoms with van der Waals surface area (Å²) in [5.74, 6) is 0.963. The number of carbonyl (C=O) groups is 1. The van der Waals surface area contributed by atoms with Crippen LogP contribution >= 0.6 is 0 Å². The summed E-state index contributed by atoms with van der Waals surface area (Å²) < 4.78 is 16.1. The van der Waals surface area contributed by atoms with E-state index in [0.29, 0.717) is 45.6 Å². The third kappa shape index (κ3) is 2.49. The zero-order valence-corrected chi connectivity index (χ0v) is 14.4. The molecular weight excluding hydrogens is 332 g/mol. The lowest BCUT2D eigenvalue weighted by molar-refractivity contribution is 0.104. The third-order valence-electron chi connectivity index (χ3n) is 4.56. The molecule has 0 aliphatic heterocycles. The summed E-state index contributed by atoms with van der Waals surface area (Å²) in [5.41, 5.74) is 2.69. The monoisotopic (exact) mass is 348 g/mol. The Balaban J connectivity index is 1.79. The van der Waals surface area contributed by atoms with Crippen molar-refractivity contribution < 1.29 is 18.7 Å². The highest BCUT2D eigenvalue weighted by molar-refractivity contribution is 6.16. The molecule has 0 saturated carbocycles. The number of ether oxygens (including phenoxy) is 2. The minimum Gasteiger partial charge on any atom is -0.493 e. The fourth-order valence-electron chi connectivity index (χ4n) is 3.23. The van der Waals surface area contributed by atoms with E-state index >= 15 is 0 Å². The molecule has 2 aromatic carbocycles. The number of ketones is 1. The summed E-state index contributed by atoms with van der Waals surface area (Å²) in [5, 5.41) is 0.494. The van der Waals surface area contributed by atoms with Gasteiger partial charge in [0.15, 0.2) is 22.7 Å². The van der Waals surface area contributed by atoms with Gasteiger partial charge in [-0.25, -0.2) is 0 Å². The van der Waals surface area contributed by atoms with Crippen LogP contribution in [0.2, 0.25) is 0 Å². The van der Waals surface area contributed by atoms with E-state index in [9.17, 15) is 9.59 Å². The smallest absolute Gasteiger partial charge is 0.199 e. The van der Waals surface area contributed by atoms with Crippen LogP contribution in [0.3, 0.4) is 0 Å². The number of fused-ring (bicyclic) bond motifs is 2. The zero-order chi connectivity index (χ0) is 18.3. The minimum atomic E-state index is -0.154. The molecule has 1 aliphatic carbocycles. The molecular formula is C21H16O5. The fourth-order valence-corrected chi connectivity index (χ4v) is 3.23. The number of hydrogen-bond donors (Lipinski definition) is 0. The SMILES string of the molecule is COc1cc2c(cc1OC)C(=O)/C(=C\c1coc3ccccc3c1=O)C2.